The first-order chi connectivity index (χ1) is 17.9. The Morgan fingerprint density at radius 1 is 0.703 bits per heavy atom. The summed E-state index contributed by atoms with van der Waals surface area (Å²) in [6, 6.07) is 12.3. The van der Waals surface area contributed by atoms with Gasteiger partial charge in [0.15, 0.2) is 29.6 Å². The molecule has 196 valence electrons. The zero-order chi connectivity index (χ0) is 26.4. The summed E-state index contributed by atoms with van der Waals surface area (Å²) in [4.78, 5) is 0. The molecule has 37 heavy (non-hydrogen) atoms. The molecule has 1 fully saturated rings. The molecule has 0 unspecified atom stereocenters. The summed E-state index contributed by atoms with van der Waals surface area (Å²) >= 11 is 0. The topological polar surface area (TPSA) is 18.5 Å². The molecule has 4 rings (SSSR count). The summed E-state index contributed by atoms with van der Waals surface area (Å²) in [5.74, 6) is -3.52. The van der Waals surface area contributed by atoms with Crippen molar-refractivity contribution in [1.29, 1.82) is 0 Å². The van der Waals surface area contributed by atoms with Gasteiger partial charge in [-0.15, -0.1) is 0 Å². The number of hydrogen-bond donors (Lipinski definition) is 0. The average molecular weight is 512 g/mol. The van der Waals surface area contributed by atoms with Crippen LogP contribution < -0.4 is 0 Å². The van der Waals surface area contributed by atoms with Crippen LogP contribution >= 0.6 is 0 Å². The highest BCUT2D eigenvalue weighted by Gasteiger charge is 2.28. The summed E-state index contributed by atoms with van der Waals surface area (Å²) in [5.41, 5.74) is 1.40. The quantitative estimate of drug-likeness (QED) is 0.157. The molecule has 0 bridgehead atoms. The van der Waals surface area contributed by atoms with Crippen LogP contribution in [0.25, 0.3) is 22.3 Å². The molecule has 0 radical (unpaired) electrons. The van der Waals surface area contributed by atoms with Crippen molar-refractivity contribution in [2.45, 2.75) is 58.1 Å². The van der Waals surface area contributed by atoms with Crippen LogP contribution in [-0.4, -0.2) is 21.1 Å². The van der Waals surface area contributed by atoms with E-state index in [1.807, 2.05) is 0 Å². The Bertz CT molecular complexity index is 1190. The van der Waals surface area contributed by atoms with Crippen LogP contribution in [0, 0.1) is 29.2 Å². The zero-order valence-corrected chi connectivity index (χ0v) is 21.5. The summed E-state index contributed by atoms with van der Waals surface area (Å²) < 4.78 is 70.3. The van der Waals surface area contributed by atoms with E-state index in [1.165, 1.54) is 43.9 Å². The maximum Gasteiger partial charge on any atom is 0.186 e. The van der Waals surface area contributed by atoms with Crippen LogP contribution in [0.4, 0.5) is 17.6 Å². The van der Waals surface area contributed by atoms with Crippen LogP contribution in [0.1, 0.15) is 62.9 Å². The van der Waals surface area contributed by atoms with Gasteiger partial charge in [0.2, 0.25) is 0 Å². The average Bonchev–Trinajstić information content (AvgIpc) is 2.92. The van der Waals surface area contributed by atoms with E-state index in [9.17, 15) is 8.78 Å². The van der Waals surface area contributed by atoms with Crippen molar-refractivity contribution in [3.05, 3.63) is 82.9 Å². The molecule has 1 aliphatic rings. The van der Waals surface area contributed by atoms with E-state index in [2.05, 4.69) is 6.92 Å². The first-order valence-corrected chi connectivity index (χ1v) is 13.2. The van der Waals surface area contributed by atoms with Gasteiger partial charge < -0.3 is 9.47 Å². The highest BCUT2D eigenvalue weighted by molar-refractivity contribution is 6.08. The van der Waals surface area contributed by atoms with E-state index in [4.69, 9.17) is 9.47 Å². The minimum absolute atomic E-state index is 0.0350. The fraction of sp³-hybridized carbons (Fsp3) is 0.400. The van der Waals surface area contributed by atoms with Crippen LogP contribution in [0.15, 0.2) is 48.5 Å². The summed E-state index contributed by atoms with van der Waals surface area (Å²) in [6.45, 7) is 3.10. The minimum Gasteiger partial charge on any atom is -0.348 e. The van der Waals surface area contributed by atoms with Crippen molar-refractivity contribution in [3.63, 3.8) is 0 Å². The lowest BCUT2D eigenvalue weighted by molar-refractivity contribution is -0.207. The number of rotatable bonds is 10. The first-order valence-electron chi connectivity index (χ1n) is 13.2. The maximum absolute atomic E-state index is 15.1. The third-order valence-corrected chi connectivity index (χ3v) is 7.10. The molecule has 0 N–H and O–H groups in total. The van der Waals surface area contributed by atoms with Crippen molar-refractivity contribution in [2.24, 2.45) is 5.92 Å². The number of ether oxygens (including phenoxy) is 2. The molecule has 0 aliphatic carbocycles. The lowest BCUT2D eigenvalue weighted by atomic mass is 9.93. The minimum atomic E-state index is -1.01. The van der Waals surface area contributed by atoms with Gasteiger partial charge in [0.25, 0.3) is 0 Å². The van der Waals surface area contributed by atoms with E-state index in [-0.39, 0.29) is 22.6 Å². The molecule has 3 aromatic carbocycles. The second-order valence-corrected chi connectivity index (χ2v) is 9.73. The van der Waals surface area contributed by atoms with Gasteiger partial charge in [-0.2, -0.15) is 0 Å². The Balaban J connectivity index is 1.43. The molecule has 0 aromatic heterocycles. The number of unbranched alkanes of at least 4 members (excludes halogenated alkanes) is 4. The third-order valence-electron chi connectivity index (χ3n) is 7.10. The Labute approximate surface area is 217 Å². The second kappa shape index (κ2) is 12.7. The molecule has 0 saturated carbocycles. The summed E-state index contributed by atoms with van der Waals surface area (Å²) in [7, 11) is 1.75. The smallest absolute Gasteiger partial charge is 0.186 e. The van der Waals surface area contributed by atoms with Gasteiger partial charge in [-0.25, -0.2) is 17.6 Å². The normalized spacial score (nSPS) is 17.8. The van der Waals surface area contributed by atoms with Crippen LogP contribution in [0.2, 0.25) is 0 Å². The first kappa shape index (κ1) is 27.4. The number of halogens is 4. The van der Waals surface area contributed by atoms with Gasteiger partial charge in [0.05, 0.1) is 13.2 Å². The molecule has 2 nitrogen and oxygen atoms in total. The van der Waals surface area contributed by atoms with Crippen molar-refractivity contribution < 1.29 is 27.0 Å². The van der Waals surface area contributed by atoms with Gasteiger partial charge in [-0.1, -0.05) is 93.9 Å². The summed E-state index contributed by atoms with van der Waals surface area (Å²) in [6.07, 6.45) is 6.44. The van der Waals surface area contributed by atoms with E-state index < -0.39 is 29.6 Å². The predicted molar refractivity (Wildman–Crippen MR) is 141 cm³/mol. The maximum atomic E-state index is 15.1. The van der Waals surface area contributed by atoms with E-state index in [0.29, 0.717) is 36.2 Å². The molecule has 7 heteroatoms. The Morgan fingerprint density at radius 2 is 1.27 bits per heavy atom. The van der Waals surface area contributed by atoms with Gasteiger partial charge in [0, 0.05) is 22.6 Å². The largest absolute Gasteiger partial charge is 0.348 e. The lowest BCUT2D eigenvalue weighted by Crippen LogP contribution is -2.27. The predicted octanol–water partition coefficient (Wildman–Crippen LogP) is 7.73. The van der Waals surface area contributed by atoms with Crippen molar-refractivity contribution >= 4 is 7.85 Å². The fourth-order valence-electron chi connectivity index (χ4n) is 4.81. The van der Waals surface area contributed by atoms with Crippen LogP contribution in [0.3, 0.4) is 0 Å². The Kier molecular flexibility index (Phi) is 9.44. The highest BCUT2D eigenvalue weighted by atomic mass is 19.2. The standard InChI is InChI=1S/C30H33BF4O2/c1-2-3-4-5-6-7-19-17-36-30(37-18-19)25-15-14-24(28(34)29(25)35)21-10-8-20(9-11-21)23-13-12-22(16-31)26(32)27(23)33/h8-15,19,30H,2-7,16-18,31H2,1H3. The molecule has 3 aromatic rings. The van der Waals surface area contributed by atoms with E-state index >= 15 is 8.78 Å². The van der Waals surface area contributed by atoms with E-state index in [0.717, 1.165) is 12.8 Å². The Hall–Kier alpha value is -2.64. The summed E-state index contributed by atoms with van der Waals surface area (Å²) in [5, 5.41) is 0. The second-order valence-electron chi connectivity index (χ2n) is 9.73. The van der Waals surface area contributed by atoms with Gasteiger partial charge in [0.1, 0.15) is 7.85 Å². The van der Waals surface area contributed by atoms with Gasteiger partial charge in [-0.3, -0.25) is 0 Å². The number of benzene rings is 3. The molecule has 1 aliphatic heterocycles. The fourth-order valence-corrected chi connectivity index (χ4v) is 4.81. The highest BCUT2D eigenvalue weighted by Crippen LogP contribution is 2.35. The molecular weight excluding hydrogens is 479 g/mol. The molecule has 0 atom stereocenters. The number of hydrogen-bond acceptors (Lipinski definition) is 2. The van der Waals surface area contributed by atoms with Crippen LogP contribution in [-0.2, 0) is 15.8 Å². The van der Waals surface area contributed by atoms with Crippen molar-refractivity contribution in [3.8, 4) is 22.3 Å². The molecule has 0 spiro atoms. The van der Waals surface area contributed by atoms with Gasteiger partial charge >= 0.3 is 0 Å². The van der Waals surface area contributed by atoms with E-state index in [1.54, 1.807) is 38.2 Å². The molecule has 1 saturated heterocycles. The third kappa shape index (κ3) is 6.27. The zero-order valence-electron chi connectivity index (χ0n) is 21.5. The van der Waals surface area contributed by atoms with Crippen molar-refractivity contribution in [2.75, 3.05) is 13.2 Å². The lowest BCUT2D eigenvalue weighted by Gasteiger charge is -2.30. The monoisotopic (exact) mass is 512 g/mol. The molecular formula is C30H33BF4O2. The molecule has 0 amide bonds. The van der Waals surface area contributed by atoms with Gasteiger partial charge in [-0.05, 0) is 23.1 Å². The van der Waals surface area contributed by atoms with Crippen LogP contribution in [0.5, 0.6) is 0 Å². The van der Waals surface area contributed by atoms with Crippen molar-refractivity contribution in [1.82, 2.24) is 0 Å². The SMILES string of the molecule is BCc1ccc(-c2ccc(-c3ccc(C4OCC(CCCCCCC)CO4)c(F)c3F)cc2)c(F)c1F. The Morgan fingerprint density at radius 3 is 1.86 bits per heavy atom. The molecule has 1 heterocycles.